The van der Waals surface area contributed by atoms with Gasteiger partial charge in [-0.05, 0) is 116 Å². The highest BCUT2D eigenvalue weighted by Gasteiger charge is 2.31. The van der Waals surface area contributed by atoms with Crippen molar-refractivity contribution in [1.82, 2.24) is 26.6 Å². The smallest absolute Gasteiger partial charge is 0.326 e. The van der Waals surface area contributed by atoms with Gasteiger partial charge in [0.2, 0.25) is 29.5 Å². The van der Waals surface area contributed by atoms with Gasteiger partial charge in [0.25, 0.3) is 0 Å². The van der Waals surface area contributed by atoms with Crippen molar-refractivity contribution in [3.8, 4) is 5.75 Å². The van der Waals surface area contributed by atoms with E-state index in [4.69, 9.17) is 25.2 Å². The number of aryl methyl sites for hydroxylation is 1. The zero-order chi connectivity index (χ0) is 77.0. The fraction of sp³-hybridized carbons (Fsp3) is 0.349. The molecule has 0 radical (unpaired) electrons. The summed E-state index contributed by atoms with van der Waals surface area (Å²) in [4.78, 5) is 116. The Labute approximate surface area is 609 Å². The first kappa shape index (κ1) is 85.2. The number of hydrogen-bond acceptors (Lipinski definition) is 11. The molecule has 5 amide bonds. The lowest BCUT2D eigenvalue weighted by Gasteiger charge is -2.23. The summed E-state index contributed by atoms with van der Waals surface area (Å²) in [5, 5.41) is 62.7. The predicted molar refractivity (Wildman–Crippen MR) is 403 cm³/mol. The van der Waals surface area contributed by atoms with Crippen LogP contribution in [0.25, 0.3) is 21.5 Å². The molecule has 0 unspecified atom stereocenters. The normalized spacial score (nSPS) is 12.2. The van der Waals surface area contributed by atoms with Crippen LogP contribution >= 0.6 is 0 Å². The summed E-state index contributed by atoms with van der Waals surface area (Å²) < 4.78 is 5.36. The van der Waals surface area contributed by atoms with Crippen molar-refractivity contribution >= 4 is 80.9 Å². The van der Waals surface area contributed by atoms with Crippen LogP contribution in [-0.2, 0) is 73.6 Å². The second-order valence-corrected chi connectivity index (χ2v) is 26.6. The van der Waals surface area contributed by atoms with Crippen LogP contribution in [0.5, 0.6) is 5.75 Å². The molecule has 0 saturated heterocycles. The lowest BCUT2D eigenvalue weighted by Crippen LogP contribution is -2.46. The molecule has 5 atom stereocenters. The lowest BCUT2D eigenvalue weighted by atomic mass is 9.90. The molecule has 0 saturated carbocycles. The molecule has 0 aromatic heterocycles. The molecular weight excluding hydrogens is 1320 g/mol. The highest BCUT2D eigenvalue weighted by Crippen LogP contribution is 2.26. The Balaban J connectivity index is 0.000000276. The Kier molecular flexibility index (Phi) is 36.2. The summed E-state index contributed by atoms with van der Waals surface area (Å²) >= 11 is 0. The van der Waals surface area contributed by atoms with Gasteiger partial charge in [-0.15, -0.1) is 0 Å². The van der Waals surface area contributed by atoms with Crippen LogP contribution in [0.1, 0.15) is 128 Å². The maximum Gasteiger partial charge on any atom is 0.326 e. The number of carboxylic acid groups (broad SMARTS) is 5. The van der Waals surface area contributed by atoms with Crippen LogP contribution in [-0.4, -0.2) is 122 Å². The molecule has 8 aromatic carbocycles. The molecular formula is C83H101N5O16. The standard InChI is InChI=1S/C19H21NO3.2C17H19NO3.C15H21NO4.C15H21NO3/c1-13(2)17(19(22)23)20-18(21)16(14-9-5-3-6-10-14)15-11-7-4-8-12-15;1-11(2)16(17(20)21)18-15(19)10-13-8-5-7-12-6-3-4-9-14(12)13;1-11(2)16(17(20)21)18-15(19)10-12-7-8-13-5-3-4-6-14(13)9-12;1-4-20-12-7-5-6-11(8-12)9-13(17)16-14(10(2)3)15(18)19;1-11(2)14(15(18)19)16-13(17)10-6-9-12-7-4-3-5-8-12/h3-13,16-17H,1-2H3,(H,20,21)(H,22,23);2*3-9,11,16H,10H2,1-2H3,(H,18,19)(H,20,21);5-8,10,14H,4,9H2,1-3H3,(H,16,17)(H,18,19);3-5,7-8,11,14H,6,9-10H2,1-2H3,(H,16,17)(H,18,19)/t17-;2*16-;2*14-/m00000/s1. The van der Waals surface area contributed by atoms with Crippen molar-refractivity contribution in [2.75, 3.05) is 6.61 Å². The highest BCUT2D eigenvalue weighted by atomic mass is 16.5. The van der Waals surface area contributed by atoms with Crippen LogP contribution in [0.3, 0.4) is 0 Å². The van der Waals surface area contributed by atoms with E-state index in [9.17, 15) is 53.1 Å². The number of amides is 5. The van der Waals surface area contributed by atoms with E-state index in [2.05, 4.69) is 26.6 Å². The number of benzene rings is 8. The molecule has 104 heavy (non-hydrogen) atoms. The quantitative estimate of drug-likeness (QED) is 0.0200. The number of fused-ring (bicyclic) bond motifs is 2. The molecule has 554 valence electrons. The second-order valence-electron chi connectivity index (χ2n) is 26.6. The Bertz CT molecular complexity index is 4020. The van der Waals surface area contributed by atoms with Crippen LogP contribution in [0.15, 0.2) is 200 Å². The molecule has 0 aliphatic carbocycles. The van der Waals surface area contributed by atoms with E-state index in [1.807, 2.05) is 201 Å². The van der Waals surface area contributed by atoms with Crippen molar-refractivity contribution in [1.29, 1.82) is 0 Å². The average molecular weight is 1420 g/mol. The molecule has 8 aromatic rings. The van der Waals surface area contributed by atoms with E-state index >= 15 is 0 Å². The number of hydrogen-bond donors (Lipinski definition) is 10. The number of carbonyl (C=O) groups excluding carboxylic acids is 5. The van der Waals surface area contributed by atoms with E-state index in [0.29, 0.717) is 18.8 Å². The van der Waals surface area contributed by atoms with Gasteiger partial charge in [-0.2, -0.15) is 0 Å². The monoisotopic (exact) mass is 1420 g/mol. The number of carboxylic acids is 5. The number of ether oxygens (including phenoxy) is 1. The summed E-state index contributed by atoms with van der Waals surface area (Å²) in [5.74, 6) is -6.97. The molecule has 21 nitrogen and oxygen atoms in total. The van der Waals surface area contributed by atoms with E-state index < -0.39 is 66.0 Å². The van der Waals surface area contributed by atoms with Gasteiger partial charge in [-0.1, -0.05) is 257 Å². The Morgan fingerprint density at radius 1 is 0.346 bits per heavy atom. The molecule has 0 bridgehead atoms. The summed E-state index contributed by atoms with van der Waals surface area (Å²) in [6, 6.07) is 59.0. The van der Waals surface area contributed by atoms with Gasteiger partial charge < -0.3 is 56.9 Å². The first-order valence-electron chi connectivity index (χ1n) is 34.8. The summed E-state index contributed by atoms with van der Waals surface area (Å²) in [5.41, 5.74) is 5.43. The Hall–Kier alpha value is -11.2. The summed E-state index contributed by atoms with van der Waals surface area (Å²) in [6.07, 6.45) is 2.40. The van der Waals surface area contributed by atoms with E-state index in [1.54, 1.807) is 75.3 Å². The Morgan fingerprint density at radius 3 is 1.16 bits per heavy atom. The van der Waals surface area contributed by atoms with Crippen molar-refractivity contribution in [3.63, 3.8) is 0 Å². The minimum Gasteiger partial charge on any atom is -0.494 e. The van der Waals surface area contributed by atoms with Gasteiger partial charge in [-0.25, -0.2) is 24.0 Å². The summed E-state index contributed by atoms with van der Waals surface area (Å²) in [7, 11) is 0. The first-order chi connectivity index (χ1) is 49.4. The fourth-order valence-corrected chi connectivity index (χ4v) is 10.9. The van der Waals surface area contributed by atoms with Crippen molar-refractivity contribution < 1.29 is 78.2 Å². The number of rotatable bonds is 30. The third-order valence-corrected chi connectivity index (χ3v) is 16.5. The van der Waals surface area contributed by atoms with Crippen LogP contribution in [0.4, 0.5) is 0 Å². The molecule has 21 heteroatoms. The fourth-order valence-electron chi connectivity index (χ4n) is 10.9. The van der Waals surface area contributed by atoms with Crippen LogP contribution < -0.4 is 31.3 Å². The lowest BCUT2D eigenvalue weighted by molar-refractivity contribution is -0.143. The number of aliphatic carboxylic acids is 5. The van der Waals surface area contributed by atoms with Gasteiger partial charge in [-0.3, -0.25) is 24.0 Å². The van der Waals surface area contributed by atoms with E-state index in [-0.39, 0.29) is 78.4 Å². The highest BCUT2D eigenvalue weighted by molar-refractivity contribution is 5.93. The van der Waals surface area contributed by atoms with Crippen LogP contribution in [0, 0.1) is 29.6 Å². The third-order valence-electron chi connectivity index (χ3n) is 16.5. The second kappa shape index (κ2) is 44.2. The summed E-state index contributed by atoms with van der Waals surface area (Å²) in [6.45, 7) is 20.2. The zero-order valence-corrected chi connectivity index (χ0v) is 61.1. The van der Waals surface area contributed by atoms with Crippen molar-refractivity contribution in [3.05, 3.63) is 234 Å². The molecule has 0 heterocycles. The number of carbonyl (C=O) groups is 10. The molecule has 0 aliphatic rings. The molecule has 0 aliphatic heterocycles. The molecule has 0 fully saturated rings. The van der Waals surface area contributed by atoms with E-state index in [1.165, 1.54) is 5.56 Å². The van der Waals surface area contributed by atoms with Gasteiger partial charge in [0.1, 0.15) is 36.0 Å². The SMILES string of the molecule is CC(C)[C@H](NC(=O)C(c1ccccc1)c1ccccc1)C(=O)O.CC(C)[C@H](NC(=O)CCCc1ccccc1)C(=O)O.CC(C)[C@H](NC(=O)Cc1ccc2ccccc2c1)C(=O)O.CC(C)[C@H](NC(=O)Cc1cccc2ccccc12)C(=O)O.CCOc1cccc(CC(=O)N[C@H](C(=O)O)C(C)C)c1. The van der Waals surface area contributed by atoms with Gasteiger partial charge in [0, 0.05) is 6.42 Å². The van der Waals surface area contributed by atoms with Crippen LogP contribution in [0.2, 0.25) is 0 Å². The molecule has 10 N–H and O–H groups in total. The maximum absolute atomic E-state index is 12.8. The Morgan fingerprint density at radius 2 is 0.712 bits per heavy atom. The topological polar surface area (TPSA) is 341 Å². The third kappa shape index (κ3) is 29.8. The molecule has 8 rings (SSSR count). The van der Waals surface area contributed by atoms with E-state index in [0.717, 1.165) is 62.2 Å². The minimum absolute atomic E-state index is 0.115. The first-order valence-corrected chi connectivity index (χ1v) is 34.8. The predicted octanol–water partition coefficient (Wildman–Crippen LogP) is 12.3. The largest absolute Gasteiger partial charge is 0.494 e. The van der Waals surface area contributed by atoms with Crippen molar-refractivity contribution in [2.24, 2.45) is 29.6 Å². The molecule has 0 spiro atoms. The van der Waals surface area contributed by atoms with Gasteiger partial charge in [0.15, 0.2) is 0 Å². The number of nitrogens with one attached hydrogen (secondary N) is 5. The zero-order valence-electron chi connectivity index (χ0n) is 61.1. The van der Waals surface area contributed by atoms with Gasteiger partial charge >= 0.3 is 29.8 Å². The average Bonchev–Trinajstić information content (AvgIpc) is 0.835. The maximum atomic E-state index is 12.8. The van der Waals surface area contributed by atoms with Crippen molar-refractivity contribution in [2.45, 2.75) is 151 Å². The van der Waals surface area contributed by atoms with Gasteiger partial charge in [0.05, 0.1) is 31.8 Å². The minimum atomic E-state index is -1.02.